The van der Waals surface area contributed by atoms with Gasteiger partial charge in [0.1, 0.15) is 0 Å². The summed E-state index contributed by atoms with van der Waals surface area (Å²) in [7, 11) is 0. The number of nitrogens with one attached hydrogen (secondary N) is 3. The topological polar surface area (TPSA) is 70.2 Å². The first-order valence-electron chi connectivity index (χ1n) is 8.42. The third-order valence-corrected chi connectivity index (χ3v) is 4.34. The number of hydrogen-bond acceptors (Lipinski definition) is 3. The van der Waals surface area contributed by atoms with E-state index in [4.69, 9.17) is 11.6 Å². The molecule has 2 atom stereocenters. The van der Waals surface area contributed by atoms with Gasteiger partial charge in [-0.05, 0) is 37.6 Å². The molecule has 0 unspecified atom stereocenters. The van der Waals surface area contributed by atoms with Crippen LogP contribution in [0.5, 0.6) is 0 Å². The molecule has 0 aromatic heterocycles. The normalized spacial score (nSPS) is 12.9. The molecule has 0 saturated carbocycles. The zero-order valence-corrected chi connectivity index (χ0v) is 15.9. The lowest BCUT2D eigenvalue weighted by Crippen LogP contribution is -2.45. The van der Waals surface area contributed by atoms with Gasteiger partial charge in [0.25, 0.3) is 0 Å². The van der Waals surface area contributed by atoms with Crippen molar-refractivity contribution in [1.29, 1.82) is 0 Å². The molecule has 28 heavy (non-hydrogen) atoms. The molecule has 0 spiro atoms. The van der Waals surface area contributed by atoms with E-state index in [1.54, 1.807) is 19.1 Å². The maximum Gasteiger partial charge on any atom is 0.243 e. The average Bonchev–Trinajstić information content (AvgIpc) is 2.66. The molecule has 5 nitrogen and oxygen atoms in total. The molecule has 2 rings (SSSR count). The van der Waals surface area contributed by atoms with Gasteiger partial charge in [0.15, 0.2) is 17.5 Å². The first-order valence-corrected chi connectivity index (χ1v) is 8.80. The number of rotatable bonds is 7. The Bertz CT molecular complexity index is 879. The minimum atomic E-state index is -1.69. The lowest BCUT2D eigenvalue weighted by Gasteiger charge is -2.20. The molecule has 2 aromatic carbocycles. The highest BCUT2D eigenvalue weighted by molar-refractivity contribution is 6.31. The predicted octanol–water partition coefficient (Wildman–Crippen LogP) is 3.55. The molecule has 0 heterocycles. The largest absolute Gasteiger partial charge is 0.346 e. The van der Waals surface area contributed by atoms with E-state index in [9.17, 15) is 22.8 Å². The van der Waals surface area contributed by atoms with Crippen LogP contribution in [0.1, 0.15) is 25.5 Å². The Morgan fingerprint density at radius 2 is 1.71 bits per heavy atom. The van der Waals surface area contributed by atoms with Gasteiger partial charge in [-0.2, -0.15) is 0 Å². The Morgan fingerprint density at radius 3 is 2.39 bits per heavy atom. The number of amides is 2. The fourth-order valence-corrected chi connectivity index (χ4v) is 2.80. The summed E-state index contributed by atoms with van der Waals surface area (Å²) in [6.07, 6.45) is 0. The van der Waals surface area contributed by atoms with Crippen LogP contribution in [0.25, 0.3) is 0 Å². The van der Waals surface area contributed by atoms with Gasteiger partial charge in [0.2, 0.25) is 11.8 Å². The zero-order valence-electron chi connectivity index (χ0n) is 15.2. The first-order chi connectivity index (χ1) is 13.2. The van der Waals surface area contributed by atoms with Crippen molar-refractivity contribution in [2.45, 2.75) is 25.9 Å². The van der Waals surface area contributed by atoms with Gasteiger partial charge in [0.05, 0.1) is 18.3 Å². The van der Waals surface area contributed by atoms with Crippen LogP contribution in [0.2, 0.25) is 5.02 Å². The summed E-state index contributed by atoms with van der Waals surface area (Å²) in [4.78, 5) is 24.0. The molecule has 3 N–H and O–H groups in total. The molecule has 0 bridgehead atoms. The van der Waals surface area contributed by atoms with Gasteiger partial charge in [-0.25, -0.2) is 13.2 Å². The number of anilines is 1. The van der Waals surface area contributed by atoms with Crippen molar-refractivity contribution in [1.82, 2.24) is 10.6 Å². The second-order valence-electron chi connectivity index (χ2n) is 6.12. The van der Waals surface area contributed by atoms with Gasteiger partial charge >= 0.3 is 0 Å². The second-order valence-corrected chi connectivity index (χ2v) is 6.53. The smallest absolute Gasteiger partial charge is 0.243 e. The molecule has 0 aliphatic rings. The van der Waals surface area contributed by atoms with Crippen molar-refractivity contribution < 1.29 is 22.8 Å². The molecule has 0 aliphatic carbocycles. The van der Waals surface area contributed by atoms with Crippen molar-refractivity contribution >= 4 is 29.1 Å². The van der Waals surface area contributed by atoms with Crippen LogP contribution < -0.4 is 16.0 Å². The summed E-state index contributed by atoms with van der Waals surface area (Å²) >= 11 is 6.12. The standard InChI is InChI=1S/C19H19ClF3N3O2/c1-10(12-5-3-4-6-13(12)20)25-11(2)19(28)24-9-16(27)26-15-8-7-14(21)17(22)18(15)23/h3-8,10-11,25H,9H2,1-2H3,(H,24,28)(H,26,27)/t10-,11-/m1/s1. The third kappa shape index (κ3) is 5.46. The quantitative estimate of drug-likeness (QED) is 0.608. The van der Waals surface area contributed by atoms with Gasteiger partial charge in [-0.15, -0.1) is 0 Å². The zero-order chi connectivity index (χ0) is 20.8. The fourth-order valence-electron chi connectivity index (χ4n) is 2.50. The Hall–Kier alpha value is -2.58. The highest BCUT2D eigenvalue weighted by Crippen LogP contribution is 2.22. The van der Waals surface area contributed by atoms with E-state index >= 15 is 0 Å². The van der Waals surface area contributed by atoms with Crippen LogP contribution in [0.4, 0.5) is 18.9 Å². The highest BCUT2D eigenvalue weighted by Gasteiger charge is 2.19. The Labute approximate surface area is 165 Å². The Morgan fingerprint density at radius 1 is 1.04 bits per heavy atom. The number of carbonyl (C=O) groups excluding carboxylic acids is 2. The average molecular weight is 414 g/mol. The minimum Gasteiger partial charge on any atom is -0.346 e. The molecule has 2 aromatic rings. The van der Waals surface area contributed by atoms with Crippen molar-refractivity contribution in [3.63, 3.8) is 0 Å². The van der Waals surface area contributed by atoms with Crippen LogP contribution in [0, 0.1) is 17.5 Å². The van der Waals surface area contributed by atoms with Gasteiger partial charge in [0, 0.05) is 11.1 Å². The Balaban J connectivity index is 1.86. The van der Waals surface area contributed by atoms with E-state index in [1.807, 2.05) is 19.1 Å². The van der Waals surface area contributed by atoms with Crippen molar-refractivity contribution in [2.75, 3.05) is 11.9 Å². The molecule has 0 aliphatic heterocycles. The van der Waals surface area contributed by atoms with Crippen molar-refractivity contribution in [2.24, 2.45) is 0 Å². The third-order valence-electron chi connectivity index (χ3n) is 4.00. The lowest BCUT2D eigenvalue weighted by atomic mass is 10.1. The number of benzene rings is 2. The van der Waals surface area contributed by atoms with E-state index in [1.165, 1.54) is 0 Å². The first kappa shape index (κ1) is 21.7. The summed E-state index contributed by atoms with van der Waals surface area (Å²) in [5.41, 5.74) is 0.298. The molecule has 9 heteroatoms. The van der Waals surface area contributed by atoms with Crippen LogP contribution in [0.3, 0.4) is 0 Å². The van der Waals surface area contributed by atoms with Crippen molar-refractivity contribution in [3.05, 3.63) is 64.4 Å². The molecule has 2 amide bonds. The van der Waals surface area contributed by atoms with Crippen molar-refractivity contribution in [3.8, 4) is 0 Å². The highest BCUT2D eigenvalue weighted by atomic mass is 35.5. The van der Waals surface area contributed by atoms with Gasteiger partial charge in [-0.1, -0.05) is 29.8 Å². The SMILES string of the molecule is C[C@@H](N[C@H](C)c1ccccc1Cl)C(=O)NCC(=O)Nc1ccc(F)c(F)c1F. The molecule has 0 fully saturated rings. The maximum atomic E-state index is 13.5. The number of hydrogen-bond donors (Lipinski definition) is 3. The summed E-state index contributed by atoms with van der Waals surface area (Å²) in [5.74, 6) is -5.82. The van der Waals surface area contributed by atoms with Gasteiger partial charge < -0.3 is 10.6 Å². The summed E-state index contributed by atoms with van der Waals surface area (Å²) in [5, 5.41) is 8.07. The van der Waals surface area contributed by atoms with E-state index in [0.29, 0.717) is 11.1 Å². The fraction of sp³-hybridized carbons (Fsp3) is 0.263. The molecular weight excluding hydrogens is 395 g/mol. The molecular formula is C19H19ClF3N3O2. The van der Waals surface area contributed by atoms with Crippen LogP contribution in [0.15, 0.2) is 36.4 Å². The van der Waals surface area contributed by atoms with E-state index < -0.39 is 47.5 Å². The maximum absolute atomic E-state index is 13.5. The van der Waals surface area contributed by atoms with Crippen LogP contribution >= 0.6 is 11.6 Å². The predicted molar refractivity (Wildman–Crippen MR) is 100 cm³/mol. The summed E-state index contributed by atoms with van der Waals surface area (Å²) in [6.45, 7) is 2.98. The molecule has 0 radical (unpaired) electrons. The lowest BCUT2D eigenvalue weighted by molar-refractivity contribution is -0.125. The van der Waals surface area contributed by atoms with Crippen LogP contribution in [-0.4, -0.2) is 24.4 Å². The van der Waals surface area contributed by atoms with E-state index in [2.05, 4.69) is 16.0 Å². The number of halogens is 4. The van der Waals surface area contributed by atoms with Crippen LogP contribution in [-0.2, 0) is 9.59 Å². The molecule has 150 valence electrons. The summed E-state index contributed by atoms with van der Waals surface area (Å²) < 4.78 is 39.6. The Kier molecular flexibility index (Phi) is 7.42. The van der Waals surface area contributed by atoms with E-state index in [-0.39, 0.29) is 6.04 Å². The number of carbonyl (C=O) groups is 2. The monoisotopic (exact) mass is 413 g/mol. The molecule has 0 saturated heterocycles. The second kappa shape index (κ2) is 9.57. The van der Waals surface area contributed by atoms with Gasteiger partial charge in [-0.3, -0.25) is 14.9 Å². The minimum absolute atomic E-state index is 0.223. The van der Waals surface area contributed by atoms with E-state index in [0.717, 1.165) is 11.6 Å². The summed E-state index contributed by atoms with van der Waals surface area (Å²) in [6, 6.07) is 7.89.